The van der Waals surface area contributed by atoms with E-state index in [1.807, 2.05) is 0 Å². The fourth-order valence-corrected chi connectivity index (χ4v) is 2.89. The first-order valence-corrected chi connectivity index (χ1v) is 7.87. The van der Waals surface area contributed by atoms with E-state index in [1.165, 1.54) is 6.07 Å². The minimum Gasteiger partial charge on any atom is -0.386 e. The van der Waals surface area contributed by atoms with Gasteiger partial charge < -0.3 is 9.84 Å². The Bertz CT molecular complexity index is 473. The molecule has 20 heavy (non-hydrogen) atoms. The van der Waals surface area contributed by atoms with Crippen molar-refractivity contribution in [2.24, 2.45) is 0 Å². The molecule has 0 amide bonds. The summed E-state index contributed by atoms with van der Waals surface area (Å²) in [5.74, 6) is -0.593. The van der Waals surface area contributed by atoms with Crippen LogP contribution in [0.15, 0.2) is 16.6 Å². The summed E-state index contributed by atoms with van der Waals surface area (Å²) in [6.07, 6.45) is -0.399. The predicted molar refractivity (Wildman–Crippen MR) is 80.5 cm³/mol. The molecular formula is C14H18BrClFNO2. The Morgan fingerprint density at radius 2 is 2.35 bits per heavy atom. The molecule has 2 unspecified atom stereocenters. The maximum atomic E-state index is 14.1. The van der Waals surface area contributed by atoms with E-state index in [0.717, 1.165) is 19.5 Å². The van der Waals surface area contributed by atoms with Crippen LogP contribution in [0, 0.1) is 5.82 Å². The van der Waals surface area contributed by atoms with Crippen molar-refractivity contribution in [1.29, 1.82) is 0 Å². The largest absolute Gasteiger partial charge is 0.386 e. The van der Waals surface area contributed by atoms with Crippen molar-refractivity contribution in [3.05, 3.63) is 33.0 Å². The molecule has 1 fully saturated rings. The van der Waals surface area contributed by atoms with Gasteiger partial charge in [-0.2, -0.15) is 0 Å². The van der Waals surface area contributed by atoms with Crippen LogP contribution >= 0.6 is 27.5 Å². The van der Waals surface area contributed by atoms with Gasteiger partial charge in [-0.05, 0) is 35.0 Å². The summed E-state index contributed by atoms with van der Waals surface area (Å²) >= 11 is 9.02. The topological polar surface area (TPSA) is 32.7 Å². The van der Waals surface area contributed by atoms with Gasteiger partial charge in [0.25, 0.3) is 0 Å². The summed E-state index contributed by atoms with van der Waals surface area (Å²) in [4.78, 5) is 2.22. The van der Waals surface area contributed by atoms with E-state index >= 15 is 0 Å². The molecule has 0 aromatic heterocycles. The summed E-state index contributed by atoms with van der Waals surface area (Å²) < 4.78 is 20.2. The quantitative estimate of drug-likeness (QED) is 0.829. The second-order valence-corrected chi connectivity index (χ2v) is 6.15. The molecule has 112 valence electrons. The smallest absolute Gasteiger partial charge is 0.148 e. The lowest BCUT2D eigenvalue weighted by Gasteiger charge is -2.35. The van der Waals surface area contributed by atoms with Crippen LogP contribution in [-0.4, -0.2) is 42.4 Å². The van der Waals surface area contributed by atoms with Crippen molar-refractivity contribution >= 4 is 27.5 Å². The third kappa shape index (κ3) is 3.52. The van der Waals surface area contributed by atoms with Crippen molar-refractivity contribution < 1.29 is 14.2 Å². The van der Waals surface area contributed by atoms with E-state index in [1.54, 1.807) is 6.07 Å². The summed E-state index contributed by atoms with van der Waals surface area (Å²) in [6, 6.07) is 3.18. The van der Waals surface area contributed by atoms with Crippen LogP contribution in [0.5, 0.6) is 0 Å². The van der Waals surface area contributed by atoms with Gasteiger partial charge in [0.2, 0.25) is 0 Å². The molecule has 0 spiro atoms. The minimum atomic E-state index is -1.01. The molecule has 6 heteroatoms. The standard InChI is InChI=1S/C14H18BrClFNO2/c1-2-5-18-6-7-20-11(8-18)14(19)9-3-4-10(15)12(16)13(9)17/h3-4,11,14,19H,2,5-8H2,1H3. The van der Waals surface area contributed by atoms with Gasteiger partial charge in [0.1, 0.15) is 18.0 Å². The van der Waals surface area contributed by atoms with Crippen LogP contribution in [0.4, 0.5) is 4.39 Å². The molecule has 2 rings (SSSR count). The van der Waals surface area contributed by atoms with Gasteiger partial charge in [0, 0.05) is 23.1 Å². The normalized spacial score (nSPS) is 21.9. The summed E-state index contributed by atoms with van der Waals surface area (Å²) in [6.45, 7) is 5.06. The highest BCUT2D eigenvalue weighted by Gasteiger charge is 2.30. The maximum absolute atomic E-state index is 14.1. The zero-order chi connectivity index (χ0) is 14.7. The van der Waals surface area contributed by atoms with Crippen molar-refractivity contribution in [2.45, 2.75) is 25.6 Å². The number of aliphatic hydroxyl groups is 1. The highest BCUT2D eigenvalue weighted by molar-refractivity contribution is 9.10. The zero-order valence-corrected chi connectivity index (χ0v) is 13.6. The third-order valence-corrected chi connectivity index (χ3v) is 4.71. The van der Waals surface area contributed by atoms with Gasteiger partial charge in [-0.3, -0.25) is 4.90 Å². The molecule has 0 saturated carbocycles. The average molecular weight is 367 g/mol. The van der Waals surface area contributed by atoms with E-state index < -0.39 is 18.0 Å². The van der Waals surface area contributed by atoms with E-state index in [9.17, 15) is 9.50 Å². The molecule has 1 aliphatic heterocycles. The monoisotopic (exact) mass is 365 g/mol. The molecule has 1 heterocycles. The van der Waals surface area contributed by atoms with Gasteiger partial charge in [0.15, 0.2) is 0 Å². The average Bonchev–Trinajstić information content (AvgIpc) is 2.45. The Balaban J connectivity index is 2.14. The summed E-state index contributed by atoms with van der Waals surface area (Å²) in [5.41, 5.74) is 0.182. The lowest BCUT2D eigenvalue weighted by atomic mass is 10.0. The van der Waals surface area contributed by atoms with Gasteiger partial charge >= 0.3 is 0 Å². The van der Waals surface area contributed by atoms with Crippen LogP contribution in [0.1, 0.15) is 25.0 Å². The lowest BCUT2D eigenvalue weighted by Crippen LogP contribution is -2.45. The van der Waals surface area contributed by atoms with Crippen LogP contribution in [0.25, 0.3) is 0 Å². The first kappa shape index (κ1) is 16.2. The van der Waals surface area contributed by atoms with E-state index in [4.69, 9.17) is 16.3 Å². The summed E-state index contributed by atoms with van der Waals surface area (Å²) in [5, 5.41) is 10.4. The number of hydrogen-bond donors (Lipinski definition) is 1. The van der Waals surface area contributed by atoms with Gasteiger partial charge in [0.05, 0.1) is 11.6 Å². The van der Waals surface area contributed by atoms with Crippen LogP contribution in [-0.2, 0) is 4.74 Å². The maximum Gasteiger partial charge on any atom is 0.148 e. The van der Waals surface area contributed by atoms with Gasteiger partial charge in [-0.15, -0.1) is 0 Å². The van der Waals surface area contributed by atoms with Gasteiger partial charge in [-0.1, -0.05) is 24.6 Å². The van der Waals surface area contributed by atoms with Crippen molar-refractivity contribution in [3.8, 4) is 0 Å². The fraction of sp³-hybridized carbons (Fsp3) is 0.571. The molecule has 1 saturated heterocycles. The lowest BCUT2D eigenvalue weighted by molar-refractivity contribution is -0.0907. The number of hydrogen-bond acceptors (Lipinski definition) is 3. The molecule has 0 bridgehead atoms. The molecule has 1 aliphatic rings. The SMILES string of the molecule is CCCN1CCOC(C(O)c2ccc(Br)c(Cl)c2F)C1. The van der Waals surface area contributed by atoms with Crippen LogP contribution in [0.3, 0.4) is 0 Å². The number of rotatable bonds is 4. The van der Waals surface area contributed by atoms with Gasteiger partial charge in [-0.25, -0.2) is 4.39 Å². The first-order valence-electron chi connectivity index (χ1n) is 6.70. The Kier molecular flexibility index (Phi) is 5.81. The predicted octanol–water partition coefficient (Wildman–Crippen LogP) is 3.39. The fourth-order valence-electron chi connectivity index (χ4n) is 2.41. The number of halogens is 3. The number of benzene rings is 1. The number of morpholine rings is 1. The van der Waals surface area contributed by atoms with E-state index in [0.29, 0.717) is 17.6 Å². The third-order valence-electron chi connectivity index (χ3n) is 3.45. The molecular weight excluding hydrogens is 349 g/mol. The minimum absolute atomic E-state index is 0.0113. The molecule has 2 atom stereocenters. The molecule has 1 aromatic rings. The van der Waals surface area contributed by atoms with Crippen molar-refractivity contribution in [1.82, 2.24) is 4.90 Å². The second kappa shape index (κ2) is 7.18. The second-order valence-electron chi connectivity index (χ2n) is 4.92. The highest BCUT2D eigenvalue weighted by atomic mass is 79.9. The van der Waals surface area contributed by atoms with Crippen LogP contribution < -0.4 is 0 Å². The Morgan fingerprint density at radius 3 is 3.05 bits per heavy atom. The van der Waals surface area contributed by atoms with Crippen molar-refractivity contribution in [3.63, 3.8) is 0 Å². The first-order chi connectivity index (χ1) is 9.54. The Labute approximate surface area is 131 Å². The Morgan fingerprint density at radius 1 is 1.60 bits per heavy atom. The molecule has 0 radical (unpaired) electrons. The molecule has 1 N–H and O–H groups in total. The van der Waals surface area contributed by atoms with E-state index in [-0.39, 0.29) is 10.6 Å². The van der Waals surface area contributed by atoms with Crippen LogP contribution in [0.2, 0.25) is 5.02 Å². The number of nitrogens with zero attached hydrogens (tertiary/aromatic N) is 1. The summed E-state index contributed by atoms with van der Waals surface area (Å²) in [7, 11) is 0. The zero-order valence-electron chi connectivity index (χ0n) is 11.3. The van der Waals surface area contributed by atoms with Crippen molar-refractivity contribution in [2.75, 3.05) is 26.2 Å². The molecule has 0 aliphatic carbocycles. The van der Waals surface area contributed by atoms with E-state index in [2.05, 4.69) is 27.8 Å². The number of aliphatic hydroxyl groups excluding tert-OH is 1. The highest BCUT2D eigenvalue weighted by Crippen LogP contribution is 2.32. The molecule has 3 nitrogen and oxygen atoms in total. The number of ether oxygens (including phenoxy) is 1. The Hall–Kier alpha value is -0.200. The molecule has 1 aromatic carbocycles.